The molecular weight excluding hydrogens is 199 g/mol. The van der Waals surface area contributed by atoms with Crippen LogP contribution in [0.2, 0.25) is 0 Å². The zero-order valence-electron chi connectivity index (χ0n) is 8.07. The summed E-state index contributed by atoms with van der Waals surface area (Å²) in [5.74, 6) is -0.161. The van der Waals surface area contributed by atoms with Gasteiger partial charge < -0.3 is 9.84 Å². The van der Waals surface area contributed by atoms with E-state index in [0.29, 0.717) is 17.7 Å². The van der Waals surface area contributed by atoms with Gasteiger partial charge in [0.05, 0.1) is 5.56 Å². The number of benzene rings is 1. The molecule has 0 fully saturated rings. The number of rotatable bonds is 2. The van der Waals surface area contributed by atoms with Gasteiger partial charge in [0.1, 0.15) is 17.7 Å². The molecule has 0 spiro atoms. The van der Waals surface area contributed by atoms with E-state index in [4.69, 9.17) is 9.84 Å². The SMILES string of the molecule is O=C1CC(CCO)Oc2ccc(F)cc21. The highest BCUT2D eigenvalue weighted by atomic mass is 19.1. The van der Waals surface area contributed by atoms with E-state index in [2.05, 4.69) is 0 Å². The second-order valence-corrected chi connectivity index (χ2v) is 3.52. The van der Waals surface area contributed by atoms with E-state index in [9.17, 15) is 9.18 Å². The molecule has 1 heterocycles. The number of halogens is 1. The van der Waals surface area contributed by atoms with E-state index >= 15 is 0 Å². The predicted octanol–water partition coefficient (Wildman–Crippen LogP) is 1.54. The Kier molecular flexibility index (Phi) is 2.68. The highest BCUT2D eigenvalue weighted by Gasteiger charge is 2.26. The minimum Gasteiger partial charge on any atom is -0.489 e. The second-order valence-electron chi connectivity index (χ2n) is 3.52. The normalized spacial score (nSPS) is 19.6. The lowest BCUT2D eigenvalue weighted by atomic mass is 9.99. The monoisotopic (exact) mass is 210 g/mol. The Morgan fingerprint density at radius 1 is 1.53 bits per heavy atom. The molecule has 0 aliphatic carbocycles. The number of carbonyl (C=O) groups is 1. The summed E-state index contributed by atoms with van der Waals surface area (Å²) >= 11 is 0. The number of carbonyl (C=O) groups excluding carboxylic acids is 1. The van der Waals surface area contributed by atoms with Gasteiger partial charge in [-0.3, -0.25) is 4.79 Å². The van der Waals surface area contributed by atoms with Crippen molar-refractivity contribution < 1.29 is 19.0 Å². The van der Waals surface area contributed by atoms with Gasteiger partial charge in [0.25, 0.3) is 0 Å². The number of aliphatic hydroxyl groups excluding tert-OH is 1. The molecular formula is C11H11FO3. The first-order chi connectivity index (χ1) is 7.20. The summed E-state index contributed by atoms with van der Waals surface area (Å²) in [6.45, 7) is -0.0194. The number of ketones is 1. The summed E-state index contributed by atoms with van der Waals surface area (Å²) in [5.41, 5.74) is 0.296. The van der Waals surface area contributed by atoms with Gasteiger partial charge in [0.15, 0.2) is 5.78 Å². The quantitative estimate of drug-likeness (QED) is 0.805. The fourth-order valence-electron chi connectivity index (χ4n) is 1.67. The molecule has 0 amide bonds. The molecule has 1 aromatic rings. The topological polar surface area (TPSA) is 46.5 Å². The maximum absolute atomic E-state index is 12.9. The fourth-order valence-corrected chi connectivity index (χ4v) is 1.67. The van der Waals surface area contributed by atoms with Gasteiger partial charge in [0, 0.05) is 19.4 Å². The molecule has 1 aliphatic rings. The van der Waals surface area contributed by atoms with E-state index in [1.165, 1.54) is 18.2 Å². The predicted molar refractivity (Wildman–Crippen MR) is 51.5 cm³/mol. The molecule has 1 aliphatic heterocycles. The first-order valence-corrected chi connectivity index (χ1v) is 4.81. The van der Waals surface area contributed by atoms with Crippen LogP contribution in [0.15, 0.2) is 18.2 Å². The van der Waals surface area contributed by atoms with Crippen LogP contribution in [0.1, 0.15) is 23.2 Å². The summed E-state index contributed by atoms with van der Waals surface area (Å²) in [6, 6.07) is 3.90. The van der Waals surface area contributed by atoms with Crippen molar-refractivity contribution in [2.75, 3.05) is 6.61 Å². The molecule has 1 N–H and O–H groups in total. The Hall–Kier alpha value is -1.42. The number of hydrogen-bond donors (Lipinski definition) is 1. The molecule has 1 atom stereocenters. The average molecular weight is 210 g/mol. The van der Waals surface area contributed by atoms with Crippen LogP contribution in [0, 0.1) is 5.82 Å². The zero-order chi connectivity index (χ0) is 10.8. The molecule has 0 bridgehead atoms. The van der Waals surface area contributed by atoms with Crippen molar-refractivity contribution in [3.63, 3.8) is 0 Å². The van der Waals surface area contributed by atoms with Gasteiger partial charge in [-0.15, -0.1) is 0 Å². The van der Waals surface area contributed by atoms with Crippen LogP contribution < -0.4 is 4.74 Å². The third-order valence-corrected chi connectivity index (χ3v) is 2.40. The van der Waals surface area contributed by atoms with Gasteiger partial charge in [-0.25, -0.2) is 4.39 Å². The fraction of sp³-hybridized carbons (Fsp3) is 0.364. The van der Waals surface area contributed by atoms with Crippen LogP contribution in [0.4, 0.5) is 4.39 Å². The Labute approximate surface area is 86.5 Å². The minimum absolute atomic E-state index is 0.0194. The Bertz CT molecular complexity index is 389. The lowest BCUT2D eigenvalue weighted by Gasteiger charge is -2.24. The molecule has 4 heteroatoms. The average Bonchev–Trinajstić information content (AvgIpc) is 2.20. The molecule has 80 valence electrons. The Morgan fingerprint density at radius 3 is 3.07 bits per heavy atom. The van der Waals surface area contributed by atoms with Crippen molar-refractivity contribution in [3.8, 4) is 5.75 Å². The van der Waals surface area contributed by atoms with E-state index < -0.39 is 5.82 Å². The molecule has 0 saturated heterocycles. The number of ether oxygens (including phenoxy) is 1. The van der Waals surface area contributed by atoms with E-state index in [-0.39, 0.29) is 24.9 Å². The summed E-state index contributed by atoms with van der Waals surface area (Å²) in [5, 5.41) is 8.75. The van der Waals surface area contributed by atoms with E-state index in [0.717, 1.165) is 0 Å². The largest absolute Gasteiger partial charge is 0.489 e. The first-order valence-electron chi connectivity index (χ1n) is 4.81. The number of aliphatic hydroxyl groups is 1. The van der Waals surface area contributed by atoms with Crippen molar-refractivity contribution in [2.24, 2.45) is 0 Å². The first kappa shape index (κ1) is 10.1. The molecule has 0 radical (unpaired) electrons. The van der Waals surface area contributed by atoms with Crippen LogP contribution in [0.3, 0.4) is 0 Å². The molecule has 0 aromatic heterocycles. The lowest BCUT2D eigenvalue weighted by molar-refractivity contribution is 0.0805. The maximum atomic E-state index is 12.9. The number of fused-ring (bicyclic) bond motifs is 1. The second kappa shape index (κ2) is 3.98. The summed E-state index contributed by atoms with van der Waals surface area (Å²) in [6.07, 6.45) is 0.333. The summed E-state index contributed by atoms with van der Waals surface area (Å²) < 4.78 is 18.3. The highest BCUT2D eigenvalue weighted by molar-refractivity contribution is 5.99. The van der Waals surface area contributed by atoms with Gasteiger partial charge in [-0.05, 0) is 18.2 Å². The maximum Gasteiger partial charge on any atom is 0.170 e. The molecule has 15 heavy (non-hydrogen) atoms. The summed E-state index contributed by atoms with van der Waals surface area (Å²) in [7, 11) is 0. The number of hydrogen-bond acceptors (Lipinski definition) is 3. The van der Waals surface area contributed by atoms with Gasteiger partial charge >= 0.3 is 0 Å². The van der Waals surface area contributed by atoms with E-state index in [1.54, 1.807) is 0 Å². The Morgan fingerprint density at radius 2 is 2.33 bits per heavy atom. The molecule has 3 nitrogen and oxygen atoms in total. The van der Waals surface area contributed by atoms with Crippen molar-refractivity contribution >= 4 is 5.78 Å². The van der Waals surface area contributed by atoms with Crippen LogP contribution in [0.25, 0.3) is 0 Å². The minimum atomic E-state index is -0.439. The smallest absolute Gasteiger partial charge is 0.170 e. The third-order valence-electron chi connectivity index (χ3n) is 2.40. The van der Waals surface area contributed by atoms with Crippen molar-refractivity contribution in [1.82, 2.24) is 0 Å². The van der Waals surface area contributed by atoms with E-state index in [1.807, 2.05) is 0 Å². The molecule has 1 unspecified atom stereocenters. The van der Waals surface area contributed by atoms with Crippen molar-refractivity contribution in [2.45, 2.75) is 18.9 Å². The van der Waals surface area contributed by atoms with Crippen molar-refractivity contribution in [1.29, 1.82) is 0 Å². The molecule has 2 rings (SSSR count). The van der Waals surface area contributed by atoms with Crippen molar-refractivity contribution in [3.05, 3.63) is 29.6 Å². The zero-order valence-corrected chi connectivity index (χ0v) is 8.07. The molecule has 1 aromatic carbocycles. The summed E-state index contributed by atoms with van der Waals surface area (Å²) in [4.78, 5) is 11.6. The van der Waals surface area contributed by atoms with Gasteiger partial charge in [-0.1, -0.05) is 0 Å². The van der Waals surface area contributed by atoms with Gasteiger partial charge in [0.2, 0.25) is 0 Å². The number of Topliss-reactive ketones (excluding diaryl/α,β-unsaturated/α-hetero) is 1. The third kappa shape index (κ3) is 1.99. The van der Waals surface area contributed by atoms with Crippen LogP contribution >= 0.6 is 0 Å². The van der Waals surface area contributed by atoms with Crippen LogP contribution in [-0.4, -0.2) is 23.6 Å². The van der Waals surface area contributed by atoms with Gasteiger partial charge in [-0.2, -0.15) is 0 Å². The standard InChI is InChI=1S/C11H11FO3/c12-7-1-2-11-9(5-7)10(14)6-8(15-11)3-4-13/h1-2,5,8,13H,3-4,6H2. The molecule has 0 saturated carbocycles. The van der Waals surface area contributed by atoms with Crippen LogP contribution in [-0.2, 0) is 0 Å². The lowest BCUT2D eigenvalue weighted by Crippen LogP contribution is -2.27. The Balaban J connectivity index is 2.28. The highest BCUT2D eigenvalue weighted by Crippen LogP contribution is 2.28. The van der Waals surface area contributed by atoms with Crippen LogP contribution in [0.5, 0.6) is 5.75 Å².